The van der Waals surface area contributed by atoms with Crippen molar-refractivity contribution in [2.45, 2.75) is 12.5 Å². The minimum absolute atomic E-state index is 0.109. The molecular formula is C25H23NO5S. The number of methoxy groups -OCH3 is 2. The van der Waals surface area contributed by atoms with Crippen LogP contribution >= 0.6 is 11.3 Å². The number of Topliss-reactive ketones (excluding diaryl/α,β-unsaturated/α-hetero) is 1. The second-order valence-corrected chi connectivity index (χ2v) is 8.29. The third kappa shape index (κ3) is 4.11. The van der Waals surface area contributed by atoms with E-state index >= 15 is 0 Å². The number of nitrogens with zero attached hydrogens (tertiary/aromatic N) is 1. The summed E-state index contributed by atoms with van der Waals surface area (Å²) in [5.41, 5.74) is 1.86. The molecule has 0 saturated heterocycles. The first-order chi connectivity index (χ1) is 15.5. The SMILES string of the molecule is COc1ccc(CCN2C(=O)C(O)=C(C(=O)c3cccs3)C2c2ccc(OC)cc2)cc1. The summed E-state index contributed by atoms with van der Waals surface area (Å²) in [4.78, 5) is 28.3. The topological polar surface area (TPSA) is 76.1 Å². The summed E-state index contributed by atoms with van der Waals surface area (Å²) in [5, 5.41) is 12.5. The number of carbonyl (C=O) groups is 2. The van der Waals surface area contributed by atoms with Crippen LogP contribution in [-0.4, -0.2) is 42.5 Å². The molecule has 6 nitrogen and oxygen atoms in total. The van der Waals surface area contributed by atoms with E-state index in [4.69, 9.17) is 9.47 Å². The third-order valence-electron chi connectivity index (χ3n) is 5.53. The Balaban J connectivity index is 1.67. The number of ether oxygens (including phenoxy) is 2. The molecule has 32 heavy (non-hydrogen) atoms. The first-order valence-electron chi connectivity index (χ1n) is 10.1. The highest BCUT2D eigenvalue weighted by molar-refractivity contribution is 7.12. The number of hydrogen-bond acceptors (Lipinski definition) is 6. The number of thiophene rings is 1. The van der Waals surface area contributed by atoms with Crippen molar-refractivity contribution in [2.24, 2.45) is 0 Å². The molecular weight excluding hydrogens is 426 g/mol. The van der Waals surface area contributed by atoms with Crippen molar-refractivity contribution < 1.29 is 24.2 Å². The lowest BCUT2D eigenvalue weighted by atomic mass is 9.95. The molecule has 0 radical (unpaired) electrons. The molecule has 2 aromatic carbocycles. The molecule has 4 rings (SSSR count). The largest absolute Gasteiger partial charge is 0.503 e. The third-order valence-corrected chi connectivity index (χ3v) is 6.39. The first-order valence-corrected chi connectivity index (χ1v) is 11.0. The minimum atomic E-state index is -0.679. The van der Waals surface area contributed by atoms with Gasteiger partial charge in [-0.1, -0.05) is 30.3 Å². The molecule has 2 heterocycles. The molecule has 1 N–H and O–H groups in total. The number of rotatable bonds is 8. The Hall–Kier alpha value is -3.58. The molecule has 7 heteroatoms. The number of aliphatic hydroxyl groups is 1. The average molecular weight is 450 g/mol. The quantitative estimate of drug-likeness (QED) is 0.509. The van der Waals surface area contributed by atoms with E-state index < -0.39 is 17.7 Å². The van der Waals surface area contributed by atoms with Gasteiger partial charge in [0.2, 0.25) is 5.78 Å². The number of amides is 1. The van der Waals surface area contributed by atoms with Crippen molar-refractivity contribution in [3.63, 3.8) is 0 Å². The van der Waals surface area contributed by atoms with Gasteiger partial charge < -0.3 is 19.5 Å². The fraction of sp³-hybridized carbons (Fsp3) is 0.200. The van der Waals surface area contributed by atoms with Crippen molar-refractivity contribution in [1.29, 1.82) is 0 Å². The van der Waals surface area contributed by atoms with Crippen LogP contribution in [0.5, 0.6) is 11.5 Å². The predicted molar refractivity (Wildman–Crippen MR) is 122 cm³/mol. The number of carbonyl (C=O) groups excluding carboxylic acids is 2. The van der Waals surface area contributed by atoms with E-state index in [2.05, 4.69) is 0 Å². The van der Waals surface area contributed by atoms with Gasteiger partial charge in [-0.2, -0.15) is 0 Å². The van der Waals surface area contributed by atoms with Crippen LogP contribution in [0.15, 0.2) is 77.4 Å². The Morgan fingerprint density at radius 3 is 2.19 bits per heavy atom. The molecule has 3 aromatic rings. The van der Waals surface area contributed by atoms with Gasteiger partial charge in [-0.05, 0) is 53.3 Å². The number of benzene rings is 2. The molecule has 0 spiro atoms. The summed E-state index contributed by atoms with van der Waals surface area (Å²) in [6, 6.07) is 17.6. The van der Waals surface area contributed by atoms with Crippen molar-refractivity contribution in [2.75, 3.05) is 20.8 Å². The van der Waals surface area contributed by atoms with E-state index in [1.54, 1.807) is 48.8 Å². The van der Waals surface area contributed by atoms with Crippen molar-refractivity contribution in [3.8, 4) is 11.5 Å². The van der Waals surface area contributed by atoms with Gasteiger partial charge in [-0.3, -0.25) is 9.59 Å². The molecule has 0 fully saturated rings. The van der Waals surface area contributed by atoms with Crippen LogP contribution in [0.2, 0.25) is 0 Å². The Morgan fingerprint density at radius 1 is 1.00 bits per heavy atom. The van der Waals surface area contributed by atoms with E-state index in [1.807, 2.05) is 36.4 Å². The van der Waals surface area contributed by atoms with Crippen molar-refractivity contribution >= 4 is 23.0 Å². The summed E-state index contributed by atoms with van der Waals surface area (Å²) < 4.78 is 10.4. The zero-order valence-corrected chi connectivity index (χ0v) is 18.6. The van der Waals surface area contributed by atoms with E-state index in [-0.39, 0.29) is 11.4 Å². The van der Waals surface area contributed by atoms with Crippen molar-refractivity contribution in [3.05, 3.63) is 93.4 Å². The predicted octanol–water partition coefficient (Wildman–Crippen LogP) is 4.59. The van der Waals surface area contributed by atoms with Crippen LogP contribution < -0.4 is 9.47 Å². The summed E-state index contributed by atoms with van der Waals surface area (Å²) in [5.74, 6) is 0.0595. The molecule has 1 amide bonds. The normalized spacial score (nSPS) is 15.9. The van der Waals surface area contributed by atoms with E-state index in [0.29, 0.717) is 23.6 Å². The highest BCUT2D eigenvalue weighted by Crippen LogP contribution is 2.40. The Morgan fingerprint density at radius 2 is 1.62 bits per heavy atom. The minimum Gasteiger partial charge on any atom is -0.503 e. The molecule has 0 saturated carbocycles. The molecule has 1 aliphatic rings. The molecule has 0 bridgehead atoms. The standard InChI is InChI=1S/C25H23NO5S/c1-30-18-9-5-16(6-10-18)13-14-26-22(17-7-11-19(31-2)12-8-17)21(24(28)25(26)29)23(27)20-4-3-15-32-20/h3-12,15,22,28H,13-14H2,1-2H3. The maximum Gasteiger partial charge on any atom is 0.290 e. The van der Waals surface area contributed by atoms with Gasteiger partial charge in [0.05, 0.1) is 30.7 Å². The second-order valence-electron chi connectivity index (χ2n) is 7.34. The molecule has 1 aromatic heterocycles. The Labute approximate surface area is 190 Å². The van der Waals surface area contributed by atoms with Crippen LogP contribution in [-0.2, 0) is 11.2 Å². The van der Waals surface area contributed by atoms with Gasteiger partial charge in [0.25, 0.3) is 5.91 Å². The molecule has 1 atom stereocenters. The average Bonchev–Trinajstić information content (AvgIpc) is 3.45. The molecule has 1 aliphatic heterocycles. The fourth-order valence-corrected chi connectivity index (χ4v) is 4.51. The summed E-state index contributed by atoms with van der Waals surface area (Å²) in [7, 11) is 3.19. The lowest BCUT2D eigenvalue weighted by molar-refractivity contribution is -0.129. The maximum absolute atomic E-state index is 13.2. The first kappa shape index (κ1) is 21.6. The van der Waals surface area contributed by atoms with Gasteiger partial charge in [0.1, 0.15) is 11.5 Å². The van der Waals surface area contributed by atoms with Crippen LogP contribution in [0, 0.1) is 0 Å². The van der Waals surface area contributed by atoms with Gasteiger partial charge >= 0.3 is 0 Å². The maximum atomic E-state index is 13.2. The zero-order valence-electron chi connectivity index (χ0n) is 17.8. The summed E-state index contributed by atoms with van der Waals surface area (Å²) in [6.07, 6.45) is 0.566. The van der Waals surface area contributed by atoms with Crippen LogP contribution in [0.1, 0.15) is 26.8 Å². The summed E-state index contributed by atoms with van der Waals surface area (Å²) >= 11 is 1.28. The second kappa shape index (κ2) is 9.28. The molecule has 0 aliphatic carbocycles. The van der Waals surface area contributed by atoms with Gasteiger partial charge in [0, 0.05) is 6.54 Å². The number of hydrogen-bond donors (Lipinski definition) is 1. The van der Waals surface area contributed by atoms with Crippen molar-refractivity contribution in [1.82, 2.24) is 4.90 Å². The van der Waals surface area contributed by atoms with Crippen LogP contribution in [0.3, 0.4) is 0 Å². The van der Waals surface area contributed by atoms with Gasteiger partial charge in [0.15, 0.2) is 5.76 Å². The lowest BCUT2D eigenvalue weighted by Gasteiger charge is -2.27. The highest BCUT2D eigenvalue weighted by atomic mass is 32.1. The fourth-order valence-electron chi connectivity index (χ4n) is 3.83. The van der Waals surface area contributed by atoms with Crippen LogP contribution in [0.4, 0.5) is 0 Å². The number of ketones is 1. The van der Waals surface area contributed by atoms with E-state index in [0.717, 1.165) is 16.9 Å². The molecule has 164 valence electrons. The zero-order chi connectivity index (χ0) is 22.7. The summed E-state index contributed by atoms with van der Waals surface area (Å²) in [6.45, 7) is 0.340. The van der Waals surface area contributed by atoms with E-state index in [1.165, 1.54) is 11.3 Å². The Kier molecular flexibility index (Phi) is 6.28. The number of aliphatic hydroxyl groups excluding tert-OH is 1. The Bertz CT molecular complexity index is 1130. The smallest absolute Gasteiger partial charge is 0.290 e. The van der Waals surface area contributed by atoms with Gasteiger partial charge in [-0.15, -0.1) is 11.3 Å². The lowest BCUT2D eigenvalue weighted by Crippen LogP contribution is -2.33. The molecule has 1 unspecified atom stereocenters. The van der Waals surface area contributed by atoms with E-state index in [9.17, 15) is 14.7 Å². The van der Waals surface area contributed by atoms with Crippen LogP contribution in [0.25, 0.3) is 0 Å². The monoisotopic (exact) mass is 449 g/mol. The highest BCUT2D eigenvalue weighted by Gasteiger charge is 2.43. The van der Waals surface area contributed by atoms with Gasteiger partial charge in [-0.25, -0.2) is 0 Å².